The minimum atomic E-state index is -0.177. The number of nitrogens with zero attached hydrogens (tertiary/aromatic N) is 4. The average Bonchev–Trinajstić information content (AvgIpc) is 3.57. The van der Waals surface area contributed by atoms with Gasteiger partial charge in [0.15, 0.2) is 16.1 Å². The highest BCUT2D eigenvalue weighted by molar-refractivity contribution is 7.99. The molecule has 0 atom stereocenters. The van der Waals surface area contributed by atoms with Gasteiger partial charge in [0.25, 0.3) is 0 Å². The number of amides is 1. The maximum atomic E-state index is 12.6. The van der Waals surface area contributed by atoms with E-state index in [1.165, 1.54) is 28.0 Å². The first kappa shape index (κ1) is 25.0. The lowest BCUT2D eigenvalue weighted by Crippen LogP contribution is -2.14. The summed E-state index contributed by atoms with van der Waals surface area (Å²) in [5.41, 5.74) is 4.78. The van der Waals surface area contributed by atoms with Crippen molar-refractivity contribution in [3.63, 3.8) is 0 Å². The highest BCUT2D eigenvalue weighted by atomic mass is 35.5. The molecule has 3 heterocycles. The number of carbonyl (C=O) groups excluding carboxylic acids is 1. The lowest BCUT2D eigenvalue weighted by Gasteiger charge is -2.07. The number of halogens is 2. The van der Waals surface area contributed by atoms with Crippen LogP contribution in [0.1, 0.15) is 4.88 Å². The quantitative estimate of drug-likeness (QED) is 0.203. The first-order chi connectivity index (χ1) is 17.4. The van der Waals surface area contributed by atoms with Gasteiger partial charge in [-0.25, -0.2) is 4.98 Å². The molecule has 0 aliphatic heterocycles. The summed E-state index contributed by atoms with van der Waals surface area (Å²) in [4.78, 5) is 18.3. The topological polar surface area (TPSA) is 72.7 Å². The second-order valence-electron chi connectivity index (χ2n) is 7.81. The normalized spacial score (nSPS) is 11.1. The summed E-state index contributed by atoms with van der Waals surface area (Å²) < 4.78 is 1.93. The van der Waals surface area contributed by atoms with Gasteiger partial charge in [0, 0.05) is 44.4 Å². The lowest BCUT2D eigenvalue weighted by molar-refractivity contribution is -0.113. The SMILES string of the molecule is Cc1scc(-c2nnc(SCC(=O)Nc3nc(-c4ccc(Cl)cc4Cl)cs3)n2C)c1-c1ccccc1. The Bertz CT molecular complexity index is 1540. The van der Waals surface area contributed by atoms with Crippen LogP contribution in [0.15, 0.2) is 64.4 Å². The van der Waals surface area contributed by atoms with Crippen LogP contribution in [0.3, 0.4) is 0 Å². The van der Waals surface area contributed by atoms with Crippen LogP contribution in [-0.2, 0) is 11.8 Å². The zero-order valence-electron chi connectivity index (χ0n) is 19.2. The van der Waals surface area contributed by atoms with Crippen molar-refractivity contribution in [2.45, 2.75) is 12.1 Å². The van der Waals surface area contributed by atoms with Crippen molar-refractivity contribution < 1.29 is 4.79 Å². The van der Waals surface area contributed by atoms with Crippen molar-refractivity contribution in [2.24, 2.45) is 7.05 Å². The number of anilines is 1. The third kappa shape index (κ3) is 5.21. The Balaban J connectivity index is 1.26. The van der Waals surface area contributed by atoms with Gasteiger partial charge in [0.2, 0.25) is 5.91 Å². The summed E-state index contributed by atoms with van der Waals surface area (Å²) >= 11 is 16.6. The molecule has 0 spiro atoms. The van der Waals surface area contributed by atoms with Gasteiger partial charge >= 0.3 is 0 Å². The molecule has 0 fully saturated rings. The van der Waals surface area contributed by atoms with Crippen molar-refractivity contribution >= 4 is 68.7 Å². The van der Waals surface area contributed by atoms with Crippen LogP contribution >= 0.6 is 57.6 Å². The first-order valence-electron chi connectivity index (χ1n) is 10.8. The number of thiophene rings is 1. The zero-order chi connectivity index (χ0) is 25.2. The third-order valence-corrected chi connectivity index (χ3v) is 8.64. The molecule has 1 amide bonds. The fraction of sp³-hybridized carbons (Fsp3) is 0.120. The molecule has 182 valence electrons. The molecule has 0 unspecified atom stereocenters. The van der Waals surface area contributed by atoms with Gasteiger partial charge in [-0.1, -0.05) is 65.3 Å². The highest BCUT2D eigenvalue weighted by Crippen LogP contribution is 2.39. The fourth-order valence-electron chi connectivity index (χ4n) is 3.70. The number of rotatable bonds is 7. The molecule has 0 aliphatic rings. The fourth-order valence-corrected chi connectivity index (χ4v) is 6.50. The van der Waals surface area contributed by atoms with Gasteiger partial charge < -0.3 is 9.88 Å². The molecular formula is C25H19Cl2N5OS3. The molecule has 5 rings (SSSR count). The van der Waals surface area contributed by atoms with E-state index in [2.05, 4.69) is 44.9 Å². The van der Waals surface area contributed by atoms with Gasteiger partial charge in [0.1, 0.15) is 0 Å². The van der Waals surface area contributed by atoms with E-state index in [0.29, 0.717) is 26.0 Å². The number of aryl methyl sites for hydroxylation is 1. The molecule has 0 radical (unpaired) electrons. The summed E-state index contributed by atoms with van der Waals surface area (Å²) in [7, 11) is 1.92. The van der Waals surface area contributed by atoms with E-state index in [9.17, 15) is 4.79 Å². The number of hydrogen-bond donors (Lipinski definition) is 1. The van der Waals surface area contributed by atoms with E-state index in [1.807, 2.05) is 41.3 Å². The zero-order valence-corrected chi connectivity index (χ0v) is 23.1. The molecule has 1 N–H and O–H groups in total. The Labute approximate surface area is 230 Å². The molecule has 3 aromatic heterocycles. The maximum absolute atomic E-state index is 12.6. The van der Waals surface area contributed by atoms with E-state index in [4.69, 9.17) is 23.2 Å². The second kappa shape index (κ2) is 10.7. The first-order valence-corrected chi connectivity index (χ1v) is 14.3. The van der Waals surface area contributed by atoms with Gasteiger partial charge in [-0.3, -0.25) is 4.79 Å². The minimum Gasteiger partial charge on any atom is -0.305 e. The van der Waals surface area contributed by atoms with Crippen LogP contribution in [0.4, 0.5) is 5.13 Å². The van der Waals surface area contributed by atoms with E-state index < -0.39 is 0 Å². The molecule has 5 aromatic rings. The van der Waals surface area contributed by atoms with Crippen molar-refractivity contribution in [3.8, 4) is 33.8 Å². The van der Waals surface area contributed by atoms with Crippen molar-refractivity contribution in [1.82, 2.24) is 19.7 Å². The highest BCUT2D eigenvalue weighted by Gasteiger charge is 2.19. The number of thiazole rings is 1. The summed E-state index contributed by atoms with van der Waals surface area (Å²) in [6.07, 6.45) is 0. The summed E-state index contributed by atoms with van der Waals surface area (Å²) in [6.45, 7) is 2.11. The molecule has 36 heavy (non-hydrogen) atoms. The van der Waals surface area contributed by atoms with Crippen LogP contribution in [0.25, 0.3) is 33.8 Å². The number of carbonyl (C=O) groups is 1. The third-order valence-electron chi connectivity index (χ3n) is 5.40. The summed E-state index contributed by atoms with van der Waals surface area (Å²) in [5.74, 6) is 0.770. The molecule has 0 saturated heterocycles. The number of hydrogen-bond acceptors (Lipinski definition) is 7. The summed E-state index contributed by atoms with van der Waals surface area (Å²) in [5, 5.41) is 17.8. The Morgan fingerprint density at radius 2 is 1.86 bits per heavy atom. The monoisotopic (exact) mass is 571 g/mol. The van der Waals surface area contributed by atoms with Crippen LogP contribution in [0, 0.1) is 6.92 Å². The van der Waals surface area contributed by atoms with E-state index in [-0.39, 0.29) is 11.7 Å². The molecule has 11 heteroatoms. The number of thioether (sulfide) groups is 1. The van der Waals surface area contributed by atoms with Gasteiger partial charge in [0.05, 0.1) is 16.5 Å². The minimum absolute atomic E-state index is 0.177. The van der Waals surface area contributed by atoms with Crippen LogP contribution in [-0.4, -0.2) is 31.4 Å². The van der Waals surface area contributed by atoms with E-state index in [0.717, 1.165) is 28.1 Å². The largest absolute Gasteiger partial charge is 0.305 e. The Morgan fingerprint density at radius 3 is 2.64 bits per heavy atom. The van der Waals surface area contributed by atoms with Crippen molar-refractivity contribution in [1.29, 1.82) is 0 Å². The lowest BCUT2D eigenvalue weighted by atomic mass is 10.0. The molecule has 0 aliphatic carbocycles. The Morgan fingerprint density at radius 1 is 1.06 bits per heavy atom. The average molecular weight is 573 g/mol. The predicted octanol–water partition coefficient (Wildman–Crippen LogP) is 7.68. The Kier molecular flexibility index (Phi) is 7.45. The maximum Gasteiger partial charge on any atom is 0.236 e. The van der Waals surface area contributed by atoms with Crippen molar-refractivity contribution in [2.75, 3.05) is 11.1 Å². The predicted molar refractivity (Wildman–Crippen MR) is 151 cm³/mol. The Hall–Kier alpha value is -2.69. The van der Waals surface area contributed by atoms with Gasteiger partial charge in [-0.05, 0) is 30.7 Å². The summed E-state index contributed by atoms with van der Waals surface area (Å²) in [6, 6.07) is 15.5. The van der Waals surface area contributed by atoms with Crippen LogP contribution in [0.2, 0.25) is 10.0 Å². The standard InChI is InChI=1S/C25H19Cl2N5OS3/c1-14-22(15-6-4-3-5-7-15)18(11-34-14)23-30-31-25(32(23)2)36-13-21(33)29-24-28-20(12-35-24)17-9-8-16(26)10-19(17)27/h3-12H,13H2,1-2H3,(H,28,29,33). The van der Waals surface area contributed by atoms with E-state index >= 15 is 0 Å². The molecule has 6 nitrogen and oxygen atoms in total. The molecule has 0 saturated carbocycles. The number of benzene rings is 2. The van der Waals surface area contributed by atoms with Gasteiger partial charge in [-0.2, -0.15) is 0 Å². The van der Waals surface area contributed by atoms with Crippen molar-refractivity contribution in [3.05, 3.63) is 74.2 Å². The number of aromatic nitrogens is 4. The molecular weight excluding hydrogens is 553 g/mol. The van der Waals surface area contributed by atoms with Crippen LogP contribution in [0.5, 0.6) is 0 Å². The smallest absolute Gasteiger partial charge is 0.236 e. The van der Waals surface area contributed by atoms with E-state index in [1.54, 1.807) is 23.5 Å². The second-order valence-corrected chi connectivity index (χ2v) is 11.5. The molecule has 0 bridgehead atoms. The van der Waals surface area contributed by atoms with Crippen LogP contribution < -0.4 is 5.32 Å². The van der Waals surface area contributed by atoms with Gasteiger partial charge in [-0.15, -0.1) is 32.9 Å². The number of nitrogens with one attached hydrogen (secondary N) is 1. The molecule has 2 aromatic carbocycles.